The van der Waals surface area contributed by atoms with Crippen LogP contribution >= 0.6 is 11.6 Å². The normalized spacial score (nSPS) is 12.3. The predicted molar refractivity (Wildman–Crippen MR) is 76.5 cm³/mol. The monoisotopic (exact) mass is 260 g/mol. The van der Waals surface area contributed by atoms with Gasteiger partial charge in [0.2, 0.25) is 0 Å². The number of hydrogen-bond donors (Lipinski definition) is 2. The number of halogens is 1. The predicted octanol–water partition coefficient (Wildman–Crippen LogP) is 3.13. The maximum atomic E-state index is 5.88. The van der Waals surface area contributed by atoms with Gasteiger partial charge in [-0.15, -0.1) is 0 Å². The minimum absolute atomic E-state index is 0.155. The molecule has 1 atom stereocenters. The third-order valence-electron chi connectivity index (χ3n) is 2.90. The largest absolute Gasteiger partial charge is 0.329 e. The fraction of sp³-hybridized carbons (Fsp3) is 0.200. The van der Waals surface area contributed by atoms with Gasteiger partial charge in [0.05, 0.1) is 0 Å². The van der Waals surface area contributed by atoms with Crippen LogP contribution in [0.1, 0.15) is 17.2 Å². The summed E-state index contributed by atoms with van der Waals surface area (Å²) in [6.45, 7) is 1.37. The number of nitrogens with one attached hydrogen (secondary N) is 1. The molecule has 0 bridgehead atoms. The van der Waals surface area contributed by atoms with Gasteiger partial charge in [0, 0.05) is 24.2 Å². The minimum Gasteiger partial charge on any atom is -0.329 e. The van der Waals surface area contributed by atoms with Gasteiger partial charge in [0.25, 0.3) is 0 Å². The van der Waals surface area contributed by atoms with Crippen molar-refractivity contribution in [3.8, 4) is 0 Å². The quantitative estimate of drug-likeness (QED) is 0.867. The summed E-state index contributed by atoms with van der Waals surface area (Å²) in [5, 5.41) is 4.20. The molecular weight excluding hydrogens is 244 g/mol. The molecule has 2 nitrogen and oxygen atoms in total. The topological polar surface area (TPSA) is 38.0 Å². The van der Waals surface area contributed by atoms with E-state index in [0.717, 1.165) is 17.1 Å². The fourth-order valence-electron chi connectivity index (χ4n) is 1.87. The highest BCUT2D eigenvalue weighted by Crippen LogP contribution is 2.16. The molecule has 3 heteroatoms. The second-order valence-corrected chi connectivity index (χ2v) is 4.64. The van der Waals surface area contributed by atoms with Gasteiger partial charge >= 0.3 is 0 Å². The molecule has 0 aliphatic carbocycles. The van der Waals surface area contributed by atoms with E-state index < -0.39 is 0 Å². The summed E-state index contributed by atoms with van der Waals surface area (Å²) < 4.78 is 0. The summed E-state index contributed by atoms with van der Waals surface area (Å²) in [5.41, 5.74) is 8.23. The lowest BCUT2D eigenvalue weighted by Gasteiger charge is -2.17. The molecule has 0 saturated carbocycles. The highest BCUT2D eigenvalue weighted by Gasteiger charge is 2.08. The Bertz CT molecular complexity index is 468. The zero-order valence-electron chi connectivity index (χ0n) is 10.1. The van der Waals surface area contributed by atoms with Crippen molar-refractivity contribution in [1.82, 2.24) is 5.32 Å². The highest BCUT2D eigenvalue weighted by molar-refractivity contribution is 6.30. The van der Waals surface area contributed by atoms with Crippen molar-refractivity contribution in [3.63, 3.8) is 0 Å². The van der Waals surface area contributed by atoms with Crippen molar-refractivity contribution < 1.29 is 0 Å². The lowest BCUT2D eigenvalue weighted by molar-refractivity contribution is 0.542. The summed E-state index contributed by atoms with van der Waals surface area (Å²) in [6.07, 6.45) is 0. The molecule has 18 heavy (non-hydrogen) atoms. The van der Waals surface area contributed by atoms with Crippen molar-refractivity contribution in [3.05, 3.63) is 70.7 Å². The van der Waals surface area contributed by atoms with Crippen LogP contribution in [0.3, 0.4) is 0 Å². The second kappa shape index (κ2) is 6.55. The van der Waals surface area contributed by atoms with Crippen LogP contribution in [0.25, 0.3) is 0 Å². The van der Waals surface area contributed by atoms with E-state index in [1.54, 1.807) is 0 Å². The van der Waals surface area contributed by atoms with Crippen LogP contribution < -0.4 is 11.1 Å². The summed E-state index contributed by atoms with van der Waals surface area (Å²) in [5.74, 6) is 0. The van der Waals surface area contributed by atoms with E-state index in [1.807, 2.05) is 42.5 Å². The maximum Gasteiger partial charge on any atom is 0.0447 e. The van der Waals surface area contributed by atoms with Crippen LogP contribution in [0.5, 0.6) is 0 Å². The standard InChI is InChI=1S/C15H17ClN2/c16-14-8-6-13(7-9-14)15(10-17)18-11-12-4-2-1-3-5-12/h1-9,15,18H,10-11,17H2. The first-order valence-corrected chi connectivity index (χ1v) is 6.40. The Hall–Kier alpha value is -1.35. The molecule has 0 spiro atoms. The Balaban J connectivity index is 1.99. The first-order valence-electron chi connectivity index (χ1n) is 6.02. The molecule has 94 valence electrons. The average molecular weight is 261 g/mol. The van der Waals surface area contributed by atoms with Crippen LogP contribution in [0.15, 0.2) is 54.6 Å². The van der Waals surface area contributed by atoms with Gasteiger partial charge in [-0.05, 0) is 23.3 Å². The fourth-order valence-corrected chi connectivity index (χ4v) is 2.00. The number of nitrogens with two attached hydrogens (primary N) is 1. The van der Waals surface area contributed by atoms with E-state index in [2.05, 4.69) is 17.4 Å². The van der Waals surface area contributed by atoms with Gasteiger partial charge in [-0.3, -0.25) is 0 Å². The van der Waals surface area contributed by atoms with Crippen molar-refractivity contribution in [2.24, 2.45) is 5.73 Å². The summed E-state index contributed by atoms with van der Waals surface area (Å²) in [4.78, 5) is 0. The maximum absolute atomic E-state index is 5.88. The summed E-state index contributed by atoms with van der Waals surface area (Å²) >= 11 is 5.88. The molecule has 0 fully saturated rings. The molecule has 0 radical (unpaired) electrons. The molecule has 0 aliphatic heterocycles. The Morgan fingerprint density at radius 1 is 1.00 bits per heavy atom. The Labute approximate surface area is 113 Å². The molecule has 2 aromatic rings. The molecule has 1 unspecified atom stereocenters. The molecule has 2 rings (SSSR count). The van der Waals surface area contributed by atoms with E-state index in [0.29, 0.717) is 6.54 Å². The first kappa shape index (κ1) is 13.1. The minimum atomic E-state index is 0.155. The molecular formula is C15H17ClN2. The zero-order valence-corrected chi connectivity index (χ0v) is 10.9. The Kier molecular flexibility index (Phi) is 4.76. The van der Waals surface area contributed by atoms with E-state index >= 15 is 0 Å². The van der Waals surface area contributed by atoms with Gasteiger partial charge in [-0.25, -0.2) is 0 Å². The Morgan fingerprint density at radius 3 is 2.28 bits per heavy atom. The smallest absolute Gasteiger partial charge is 0.0447 e. The van der Waals surface area contributed by atoms with Crippen LogP contribution in [-0.4, -0.2) is 6.54 Å². The van der Waals surface area contributed by atoms with E-state index in [1.165, 1.54) is 5.56 Å². The summed E-state index contributed by atoms with van der Waals surface area (Å²) in [6, 6.07) is 18.3. The van der Waals surface area contributed by atoms with E-state index in [4.69, 9.17) is 17.3 Å². The molecule has 3 N–H and O–H groups in total. The van der Waals surface area contributed by atoms with Gasteiger partial charge in [-0.2, -0.15) is 0 Å². The van der Waals surface area contributed by atoms with Crippen molar-refractivity contribution >= 4 is 11.6 Å². The van der Waals surface area contributed by atoms with Gasteiger partial charge in [-0.1, -0.05) is 54.1 Å². The molecule has 0 aliphatic rings. The number of benzene rings is 2. The Morgan fingerprint density at radius 2 is 1.67 bits per heavy atom. The third kappa shape index (κ3) is 3.57. The zero-order chi connectivity index (χ0) is 12.8. The van der Waals surface area contributed by atoms with Gasteiger partial charge < -0.3 is 11.1 Å². The van der Waals surface area contributed by atoms with Crippen LogP contribution in [0, 0.1) is 0 Å². The van der Waals surface area contributed by atoms with Crippen LogP contribution in [0.4, 0.5) is 0 Å². The molecule has 0 saturated heterocycles. The lowest BCUT2D eigenvalue weighted by atomic mass is 10.1. The SMILES string of the molecule is NCC(NCc1ccccc1)c1ccc(Cl)cc1. The van der Waals surface area contributed by atoms with Gasteiger partial charge in [0.15, 0.2) is 0 Å². The average Bonchev–Trinajstić information content (AvgIpc) is 2.42. The molecule has 2 aromatic carbocycles. The second-order valence-electron chi connectivity index (χ2n) is 4.21. The lowest BCUT2D eigenvalue weighted by Crippen LogP contribution is -2.27. The van der Waals surface area contributed by atoms with Crippen molar-refractivity contribution in [2.75, 3.05) is 6.54 Å². The van der Waals surface area contributed by atoms with Crippen molar-refractivity contribution in [1.29, 1.82) is 0 Å². The number of hydrogen-bond acceptors (Lipinski definition) is 2. The highest BCUT2D eigenvalue weighted by atomic mass is 35.5. The third-order valence-corrected chi connectivity index (χ3v) is 3.16. The first-order chi connectivity index (χ1) is 8.79. The van der Waals surface area contributed by atoms with Crippen LogP contribution in [-0.2, 0) is 6.54 Å². The molecule has 0 aromatic heterocycles. The van der Waals surface area contributed by atoms with E-state index in [-0.39, 0.29) is 6.04 Å². The van der Waals surface area contributed by atoms with E-state index in [9.17, 15) is 0 Å². The molecule has 0 amide bonds. The van der Waals surface area contributed by atoms with Crippen molar-refractivity contribution in [2.45, 2.75) is 12.6 Å². The summed E-state index contributed by atoms with van der Waals surface area (Å²) in [7, 11) is 0. The van der Waals surface area contributed by atoms with Gasteiger partial charge in [0.1, 0.15) is 0 Å². The molecule has 0 heterocycles. The van der Waals surface area contributed by atoms with Crippen LogP contribution in [0.2, 0.25) is 5.02 Å². The number of rotatable bonds is 5.